The minimum atomic E-state index is 0.608. The van der Waals surface area contributed by atoms with Gasteiger partial charge in [-0.25, -0.2) is 0 Å². The first-order valence-electron chi connectivity index (χ1n) is 2.76. The number of aliphatic imine (C=N–C) groups is 1. The molecule has 0 saturated heterocycles. The smallest absolute Gasteiger partial charge is 0.108 e. The Balaban J connectivity index is 2.88. The number of hydrogen-bond donors (Lipinski definition) is 1. The Morgan fingerprint density at radius 1 is 1.89 bits per heavy atom. The van der Waals surface area contributed by atoms with Crippen LogP contribution in [0.2, 0.25) is 0 Å². The van der Waals surface area contributed by atoms with Gasteiger partial charge in [0.2, 0.25) is 0 Å². The maximum absolute atomic E-state index is 5.16. The minimum absolute atomic E-state index is 0.608. The third-order valence-electron chi connectivity index (χ3n) is 1.17. The minimum Gasteiger partial charge on any atom is -0.359 e. The van der Waals surface area contributed by atoms with E-state index in [0.29, 0.717) is 6.67 Å². The van der Waals surface area contributed by atoms with Crippen molar-refractivity contribution >= 4 is 6.21 Å². The quantitative estimate of drug-likeness (QED) is 0.463. The van der Waals surface area contributed by atoms with Gasteiger partial charge in [0, 0.05) is 6.21 Å². The summed E-state index contributed by atoms with van der Waals surface area (Å²) in [6.45, 7) is 2.54. The molecule has 1 rings (SSSR count). The molecule has 2 nitrogen and oxygen atoms in total. The van der Waals surface area contributed by atoms with Crippen LogP contribution in [0.3, 0.4) is 0 Å². The second-order valence-corrected chi connectivity index (χ2v) is 1.85. The Bertz CT molecular complexity index is 205. The molecule has 0 radical (unpaired) electrons. The van der Waals surface area contributed by atoms with Crippen molar-refractivity contribution in [1.29, 1.82) is 0 Å². The molecule has 9 heavy (non-hydrogen) atoms. The van der Waals surface area contributed by atoms with Crippen LogP contribution in [0.5, 0.6) is 0 Å². The highest BCUT2D eigenvalue weighted by Gasteiger charge is 1.98. The molecule has 0 unspecified atom stereocenters. The number of allylic oxidation sites excluding steroid dienone is 2. The molecular formula is C7H8N2. The van der Waals surface area contributed by atoms with Gasteiger partial charge in [-0.2, -0.15) is 0 Å². The van der Waals surface area contributed by atoms with Crippen molar-refractivity contribution in [2.45, 2.75) is 6.92 Å². The summed E-state index contributed by atoms with van der Waals surface area (Å²) in [4.78, 5) is 3.97. The van der Waals surface area contributed by atoms with E-state index in [9.17, 15) is 0 Å². The topological polar surface area (TPSA) is 24.4 Å². The molecule has 0 fully saturated rings. The molecule has 2 heteroatoms. The van der Waals surface area contributed by atoms with Crippen LogP contribution in [0.4, 0.5) is 0 Å². The summed E-state index contributed by atoms with van der Waals surface area (Å²) in [5.41, 5.74) is 1.88. The lowest BCUT2D eigenvalue weighted by atomic mass is 10.2. The number of terminal acetylenes is 1. The van der Waals surface area contributed by atoms with Crippen molar-refractivity contribution in [2.24, 2.45) is 4.99 Å². The average molecular weight is 120 g/mol. The van der Waals surface area contributed by atoms with Crippen LogP contribution in [0.25, 0.3) is 0 Å². The van der Waals surface area contributed by atoms with Gasteiger partial charge in [0.15, 0.2) is 0 Å². The predicted molar refractivity (Wildman–Crippen MR) is 38.0 cm³/mol. The molecule has 46 valence electrons. The molecule has 0 spiro atoms. The fourth-order valence-electron chi connectivity index (χ4n) is 0.676. The van der Waals surface area contributed by atoms with E-state index in [1.54, 1.807) is 6.21 Å². The first-order chi connectivity index (χ1) is 4.34. The van der Waals surface area contributed by atoms with Crippen molar-refractivity contribution in [2.75, 3.05) is 6.67 Å². The SMILES string of the molecule is C#CC1=C(C)C=NCN1. The summed E-state index contributed by atoms with van der Waals surface area (Å²) < 4.78 is 0. The summed E-state index contributed by atoms with van der Waals surface area (Å²) in [7, 11) is 0. The summed E-state index contributed by atoms with van der Waals surface area (Å²) in [6, 6.07) is 0. The van der Waals surface area contributed by atoms with E-state index in [1.165, 1.54) is 0 Å². The number of rotatable bonds is 0. The highest BCUT2D eigenvalue weighted by molar-refractivity contribution is 5.80. The fourth-order valence-corrected chi connectivity index (χ4v) is 0.676. The molecule has 0 aromatic rings. The molecule has 1 N–H and O–H groups in total. The van der Waals surface area contributed by atoms with Gasteiger partial charge >= 0.3 is 0 Å². The highest BCUT2D eigenvalue weighted by Crippen LogP contribution is 1.99. The van der Waals surface area contributed by atoms with Crippen LogP contribution in [0, 0.1) is 12.3 Å². The van der Waals surface area contributed by atoms with Gasteiger partial charge in [0.05, 0.1) is 5.70 Å². The maximum atomic E-state index is 5.16. The lowest BCUT2D eigenvalue weighted by Crippen LogP contribution is -2.17. The molecule has 0 saturated carbocycles. The van der Waals surface area contributed by atoms with Crippen molar-refractivity contribution in [1.82, 2.24) is 5.32 Å². The van der Waals surface area contributed by atoms with Gasteiger partial charge < -0.3 is 5.32 Å². The van der Waals surface area contributed by atoms with Crippen LogP contribution in [0.15, 0.2) is 16.3 Å². The molecule has 1 aliphatic rings. The molecule has 0 aliphatic carbocycles. The highest BCUT2D eigenvalue weighted by atomic mass is 15.0. The summed E-state index contributed by atoms with van der Waals surface area (Å²) in [6.07, 6.45) is 6.95. The van der Waals surface area contributed by atoms with Crippen LogP contribution in [-0.4, -0.2) is 12.9 Å². The van der Waals surface area contributed by atoms with Crippen molar-refractivity contribution in [3.63, 3.8) is 0 Å². The molecule has 0 amide bonds. The standard InChI is InChI=1S/C7H8N2/c1-3-7-6(2)4-8-5-9-7/h1,4,9H,5H2,2H3. The maximum Gasteiger partial charge on any atom is 0.108 e. The Morgan fingerprint density at radius 3 is 3.11 bits per heavy atom. The number of hydrogen-bond acceptors (Lipinski definition) is 2. The second-order valence-electron chi connectivity index (χ2n) is 1.85. The molecule has 0 atom stereocenters. The predicted octanol–water partition coefficient (Wildman–Crippen LogP) is 0.525. The molecular weight excluding hydrogens is 112 g/mol. The largest absolute Gasteiger partial charge is 0.359 e. The van der Waals surface area contributed by atoms with E-state index in [-0.39, 0.29) is 0 Å². The van der Waals surface area contributed by atoms with E-state index in [1.807, 2.05) is 6.92 Å². The second kappa shape index (κ2) is 2.36. The van der Waals surface area contributed by atoms with Gasteiger partial charge in [-0.3, -0.25) is 4.99 Å². The zero-order valence-corrected chi connectivity index (χ0v) is 5.31. The van der Waals surface area contributed by atoms with E-state index in [2.05, 4.69) is 16.2 Å². The van der Waals surface area contributed by atoms with Gasteiger partial charge in [0.25, 0.3) is 0 Å². The van der Waals surface area contributed by atoms with E-state index >= 15 is 0 Å². The summed E-state index contributed by atoms with van der Waals surface area (Å²) in [5.74, 6) is 2.53. The van der Waals surface area contributed by atoms with Crippen LogP contribution in [0.1, 0.15) is 6.92 Å². The normalized spacial score (nSPS) is 16.9. The van der Waals surface area contributed by atoms with Crippen molar-refractivity contribution in [3.05, 3.63) is 11.3 Å². The monoisotopic (exact) mass is 120 g/mol. The average Bonchev–Trinajstić information content (AvgIpc) is 1.89. The first-order valence-corrected chi connectivity index (χ1v) is 2.76. The van der Waals surface area contributed by atoms with Crippen LogP contribution >= 0.6 is 0 Å². The molecule has 0 bridgehead atoms. The van der Waals surface area contributed by atoms with Crippen molar-refractivity contribution < 1.29 is 0 Å². The summed E-state index contributed by atoms with van der Waals surface area (Å²) >= 11 is 0. The third kappa shape index (κ3) is 1.11. The van der Waals surface area contributed by atoms with Crippen LogP contribution < -0.4 is 5.32 Å². The Kier molecular flexibility index (Phi) is 1.55. The number of nitrogens with zero attached hydrogens (tertiary/aromatic N) is 1. The molecule has 0 aromatic carbocycles. The fraction of sp³-hybridized carbons (Fsp3) is 0.286. The van der Waals surface area contributed by atoms with Crippen LogP contribution in [-0.2, 0) is 0 Å². The number of nitrogens with one attached hydrogen (secondary N) is 1. The molecule has 0 aromatic heterocycles. The Hall–Kier alpha value is -1.23. The van der Waals surface area contributed by atoms with Gasteiger partial charge in [0.1, 0.15) is 6.67 Å². The van der Waals surface area contributed by atoms with E-state index in [0.717, 1.165) is 11.3 Å². The van der Waals surface area contributed by atoms with Crippen molar-refractivity contribution in [3.8, 4) is 12.3 Å². The van der Waals surface area contributed by atoms with Gasteiger partial charge in [-0.15, -0.1) is 6.42 Å². The Morgan fingerprint density at radius 2 is 2.67 bits per heavy atom. The van der Waals surface area contributed by atoms with E-state index in [4.69, 9.17) is 6.42 Å². The molecule has 1 heterocycles. The molecule has 1 aliphatic heterocycles. The van der Waals surface area contributed by atoms with Gasteiger partial charge in [-0.1, -0.05) is 5.92 Å². The lowest BCUT2D eigenvalue weighted by Gasteiger charge is -2.08. The van der Waals surface area contributed by atoms with E-state index < -0.39 is 0 Å². The Labute approximate surface area is 54.7 Å². The zero-order valence-electron chi connectivity index (χ0n) is 5.31. The third-order valence-corrected chi connectivity index (χ3v) is 1.17. The van der Waals surface area contributed by atoms with Gasteiger partial charge in [-0.05, 0) is 12.5 Å². The first kappa shape index (κ1) is 5.90. The summed E-state index contributed by atoms with van der Waals surface area (Å²) in [5, 5.41) is 2.96. The lowest BCUT2D eigenvalue weighted by molar-refractivity contribution is 0.838. The zero-order chi connectivity index (χ0) is 6.69.